The van der Waals surface area contributed by atoms with Crippen molar-refractivity contribution in [3.63, 3.8) is 0 Å². The molecular formula is C26H27N3O4. The number of fused-ring (bicyclic) bond motifs is 3. The van der Waals surface area contributed by atoms with Gasteiger partial charge in [-0.2, -0.15) is 0 Å². The summed E-state index contributed by atoms with van der Waals surface area (Å²) in [5, 5.41) is 8.21. The molecule has 0 unspecified atom stereocenters. The van der Waals surface area contributed by atoms with Crippen LogP contribution in [0.2, 0.25) is 0 Å². The summed E-state index contributed by atoms with van der Waals surface area (Å²) in [4.78, 5) is 15.2. The number of hydrogen-bond donors (Lipinski definition) is 2. The molecule has 3 aromatic carbocycles. The summed E-state index contributed by atoms with van der Waals surface area (Å²) in [6.45, 7) is 5.12. The number of para-hydroxylation sites is 1. The van der Waals surface area contributed by atoms with E-state index in [0.717, 1.165) is 54.0 Å². The second-order valence-corrected chi connectivity index (χ2v) is 8.15. The van der Waals surface area contributed by atoms with Crippen molar-refractivity contribution in [2.45, 2.75) is 13.0 Å². The Morgan fingerprint density at radius 3 is 2.52 bits per heavy atom. The number of nitrogens with one attached hydrogen (secondary N) is 2. The van der Waals surface area contributed by atoms with E-state index in [-0.39, 0.29) is 5.91 Å². The van der Waals surface area contributed by atoms with Crippen LogP contribution in [0.3, 0.4) is 0 Å². The molecule has 0 spiro atoms. The summed E-state index contributed by atoms with van der Waals surface area (Å²) in [6.07, 6.45) is 0. The molecule has 1 aliphatic heterocycles. The second kappa shape index (κ2) is 9.03. The monoisotopic (exact) mass is 445 g/mol. The number of carbonyl (C=O) groups is 1. The smallest absolute Gasteiger partial charge is 0.246 e. The Hall–Kier alpha value is -3.71. The lowest BCUT2D eigenvalue weighted by atomic mass is 10.1. The predicted octanol–water partition coefficient (Wildman–Crippen LogP) is 4.87. The van der Waals surface area contributed by atoms with Crippen LogP contribution in [0, 0.1) is 0 Å². The molecule has 7 heteroatoms. The number of amides is 1. The Morgan fingerprint density at radius 2 is 1.76 bits per heavy atom. The number of carbonyl (C=O) groups excluding carboxylic acids is 1. The third-order valence-electron chi connectivity index (χ3n) is 5.98. The summed E-state index contributed by atoms with van der Waals surface area (Å²) in [6, 6.07) is 19.2. The topological polar surface area (TPSA) is 76.0 Å². The zero-order valence-corrected chi connectivity index (χ0v) is 18.8. The fourth-order valence-electron chi connectivity index (χ4n) is 4.16. The fraction of sp³-hybridized carbons (Fsp3) is 0.269. The van der Waals surface area contributed by atoms with E-state index in [1.165, 1.54) is 0 Å². The number of anilines is 3. The summed E-state index contributed by atoms with van der Waals surface area (Å²) >= 11 is 0. The zero-order chi connectivity index (χ0) is 22.8. The summed E-state index contributed by atoms with van der Waals surface area (Å²) < 4.78 is 16.9. The zero-order valence-electron chi connectivity index (χ0n) is 18.8. The van der Waals surface area contributed by atoms with Crippen molar-refractivity contribution in [1.82, 2.24) is 0 Å². The lowest BCUT2D eigenvalue weighted by Gasteiger charge is -2.29. The van der Waals surface area contributed by atoms with E-state index in [9.17, 15) is 4.79 Å². The van der Waals surface area contributed by atoms with Gasteiger partial charge in [-0.15, -0.1) is 0 Å². The SMILES string of the molecule is COc1cc2c(cc1NC(=O)[C@H](C)Nc1ccc(N3CCOCC3)cc1)oc1ccccc12. The molecule has 33 heavy (non-hydrogen) atoms. The number of ether oxygens (including phenoxy) is 2. The molecule has 5 rings (SSSR count). The summed E-state index contributed by atoms with van der Waals surface area (Å²) in [5.74, 6) is 0.422. The van der Waals surface area contributed by atoms with Crippen molar-refractivity contribution in [2.75, 3.05) is 48.9 Å². The molecule has 0 aliphatic carbocycles. The normalized spacial score (nSPS) is 14.9. The highest BCUT2D eigenvalue weighted by atomic mass is 16.5. The highest BCUT2D eigenvalue weighted by Gasteiger charge is 2.18. The van der Waals surface area contributed by atoms with Crippen molar-refractivity contribution >= 4 is 44.9 Å². The molecule has 2 N–H and O–H groups in total. The first-order valence-electron chi connectivity index (χ1n) is 11.1. The first-order chi connectivity index (χ1) is 16.1. The first-order valence-corrected chi connectivity index (χ1v) is 11.1. The van der Waals surface area contributed by atoms with E-state index in [0.29, 0.717) is 17.0 Å². The maximum atomic E-state index is 12.9. The van der Waals surface area contributed by atoms with E-state index in [1.807, 2.05) is 55.5 Å². The maximum Gasteiger partial charge on any atom is 0.246 e. The van der Waals surface area contributed by atoms with E-state index in [1.54, 1.807) is 7.11 Å². The third-order valence-corrected chi connectivity index (χ3v) is 5.98. The van der Waals surface area contributed by atoms with E-state index in [4.69, 9.17) is 13.9 Å². The third kappa shape index (κ3) is 4.32. The quantitative estimate of drug-likeness (QED) is 0.441. The van der Waals surface area contributed by atoms with Gasteiger partial charge in [0.25, 0.3) is 0 Å². The van der Waals surface area contributed by atoms with Gasteiger partial charge in [0.1, 0.15) is 23.0 Å². The molecule has 1 atom stereocenters. The average molecular weight is 446 g/mol. The number of nitrogens with zero attached hydrogens (tertiary/aromatic N) is 1. The van der Waals surface area contributed by atoms with Crippen LogP contribution in [0.4, 0.5) is 17.1 Å². The van der Waals surface area contributed by atoms with Crippen LogP contribution in [0.25, 0.3) is 21.9 Å². The predicted molar refractivity (Wildman–Crippen MR) is 131 cm³/mol. The van der Waals surface area contributed by atoms with Gasteiger partial charge in [0, 0.05) is 41.3 Å². The highest BCUT2D eigenvalue weighted by molar-refractivity contribution is 6.08. The Kier molecular flexibility index (Phi) is 5.79. The number of furan rings is 1. The van der Waals surface area contributed by atoms with Crippen LogP contribution in [0.1, 0.15) is 6.92 Å². The summed E-state index contributed by atoms with van der Waals surface area (Å²) in [7, 11) is 1.59. The van der Waals surface area contributed by atoms with E-state index >= 15 is 0 Å². The average Bonchev–Trinajstić information content (AvgIpc) is 3.21. The van der Waals surface area contributed by atoms with Crippen molar-refractivity contribution in [1.29, 1.82) is 0 Å². The lowest BCUT2D eigenvalue weighted by molar-refractivity contribution is -0.116. The van der Waals surface area contributed by atoms with Crippen molar-refractivity contribution in [3.05, 3.63) is 60.7 Å². The van der Waals surface area contributed by atoms with Gasteiger partial charge in [0.15, 0.2) is 0 Å². The molecule has 1 aliphatic rings. The van der Waals surface area contributed by atoms with Crippen molar-refractivity contribution in [2.24, 2.45) is 0 Å². The molecule has 170 valence electrons. The molecule has 1 saturated heterocycles. The van der Waals surface area contributed by atoms with Crippen LogP contribution in [0.5, 0.6) is 5.75 Å². The summed E-state index contributed by atoms with van der Waals surface area (Å²) in [5.41, 5.74) is 4.12. The number of rotatable bonds is 6. The molecule has 2 heterocycles. The van der Waals surface area contributed by atoms with Crippen molar-refractivity contribution < 1.29 is 18.7 Å². The largest absolute Gasteiger partial charge is 0.495 e. The van der Waals surface area contributed by atoms with E-state index < -0.39 is 6.04 Å². The van der Waals surface area contributed by atoms with Crippen LogP contribution >= 0.6 is 0 Å². The molecule has 7 nitrogen and oxygen atoms in total. The van der Waals surface area contributed by atoms with Gasteiger partial charge < -0.3 is 29.4 Å². The van der Waals surface area contributed by atoms with Gasteiger partial charge in [-0.3, -0.25) is 4.79 Å². The van der Waals surface area contributed by atoms with E-state index in [2.05, 4.69) is 27.7 Å². The molecule has 1 fully saturated rings. The lowest BCUT2D eigenvalue weighted by Crippen LogP contribution is -2.36. The molecule has 1 amide bonds. The number of morpholine rings is 1. The minimum Gasteiger partial charge on any atom is -0.495 e. The van der Waals surface area contributed by atoms with Gasteiger partial charge in [-0.1, -0.05) is 18.2 Å². The molecule has 1 aromatic heterocycles. The number of methoxy groups -OCH3 is 1. The number of benzene rings is 3. The van der Waals surface area contributed by atoms with Gasteiger partial charge in [0.2, 0.25) is 5.91 Å². The van der Waals surface area contributed by atoms with Crippen LogP contribution < -0.4 is 20.3 Å². The van der Waals surface area contributed by atoms with Gasteiger partial charge in [-0.25, -0.2) is 0 Å². The van der Waals surface area contributed by atoms with Crippen molar-refractivity contribution in [3.8, 4) is 5.75 Å². The highest BCUT2D eigenvalue weighted by Crippen LogP contribution is 2.36. The fourth-order valence-corrected chi connectivity index (χ4v) is 4.16. The van der Waals surface area contributed by atoms with Gasteiger partial charge >= 0.3 is 0 Å². The molecule has 0 saturated carbocycles. The minimum atomic E-state index is -0.449. The standard InChI is InChI=1S/C26H27N3O4/c1-17(27-18-7-9-19(10-8-18)29-11-13-32-14-12-29)26(30)28-22-16-24-21(15-25(22)31-2)20-5-3-4-6-23(20)33-24/h3-10,15-17,27H,11-14H2,1-2H3,(H,28,30)/t17-/m0/s1. The number of hydrogen-bond acceptors (Lipinski definition) is 6. The van der Waals surface area contributed by atoms with Crippen LogP contribution in [0.15, 0.2) is 65.1 Å². The van der Waals surface area contributed by atoms with Gasteiger partial charge in [-0.05, 0) is 43.3 Å². The molecule has 0 radical (unpaired) electrons. The Bertz CT molecular complexity index is 1280. The van der Waals surface area contributed by atoms with Crippen LogP contribution in [-0.2, 0) is 9.53 Å². The van der Waals surface area contributed by atoms with Gasteiger partial charge in [0.05, 0.1) is 26.0 Å². The first kappa shape index (κ1) is 21.2. The Labute approximate surface area is 192 Å². The Balaban J connectivity index is 1.30. The molecular weight excluding hydrogens is 418 g/mol. The molecule has 0 bridgehead atoms. The van der Waals surface area contributed by atoms with Crippen LogP contribution in [-0.4, -0.2) is 45.4 Å². The minimum absolute atomic E-state index is 0.166. The second-order valence-electron chi connectivity index (χ2n) is 8.15. The Morgan fingerprint density at radius 1 is 1.00 bits per heavy atom. The maximum absolute atomic E-state index is 12.9. The molecule has 4 aromatic rings.